The van der Waals surface area contributed by atoms with Gasteiger partial charge in [0.05, 0.1) is 0 Å². The highest BCUT2D eigenvalue weighted by molar-refractivity contribution is 4.92. The van der Waals surface area contributed by atoms with Gasteiger partial charge in [0.15, 0.2) is 0 Å². The van der Waals surface area contributed by atoms with Gasteiger partial charge in [0.1, 0.15) is 0 Å². The molecule has 0 aromatic rings. The molecule has 2 heterocycles. The quantitative estimate of drug-likeness (QED) is 0.511. The van der Waals surface area contributed by atoms with Crippen molar-refractivity contribution in [3.05, 3.63) is 0 Å². The van der Waals surface area contributed by atoms with Crippen molar-refractivity contribution < 1.29 is 0 Å². The van der Waals surface area contributed by atoms with Gasteiger partial charge in [0.25, 0.3) is 0 Å². The van der Waals surface area contributed by atoms with Gasteiger partial charge in [0, 0.05) is 18.1 Å². The fraction of sp³-hybridized carbons (Fsp3) is 1.00. The zero-order chi connectivity index (χ0) is 6.97. The van der Waals surface area contributed by atoms with Crippen LogP contribution in [0.1, 0.15) is 26.2 Å². The van der Waals surface area contributed by atoms with E-state index in [0.29, 0.717) is 6.04 Å². The normalized spacial score (nSPS) is 47.1. The molecule has 2 heteroatoms. The Labute approximate surface area is 62.4 Å². The lowest BCUT2D eigenvalue weighted by Gasteiger charge is -2.17. The molecule has 0 aromatic heterocycles. The predicted octanol–water partition coefficient (Wildman–Crippen LogP) is 0.489. The van der Waals surface area contributed by atoms with Crippen molar-refractivity contribution in [2.45, 2.75) is 44.3 Å². The largest absolute Gasteiger partial charge is 0.313 e. The number of rotatable bonds is 0. The number of hydrogen-bond donors (Lipinski definition) is 2. The Morgan fingerprint density at radius 3 is 3.00 bits per heavy atom. The first-order chi connectivity index (χ1) is 4.86. The van der Waals surface area contributed by atoms with Crippen molar-refractivity contribution in [3.63, 3.8) is 0 Å². The molecular weight excluding hydrogens is 124 g/mol. The molecule has 58 valence electrons. The van der Waals surface area contributed by atoms with Gasteiger partial charge in [-0.15, -0.1) is 0 Å². The van der Waals surface area contributed by atoms with Crippen molar-refractivity contribution in [3.8, 4) is 0 Å². The average molecular weight is 140 g/mol. The third-order valence-corrected chi connectivity index (χ3v) is 2.84. The minimum absolute atomic E-state index is 0.687. The molecule has 2 N–H and O–H groups in total. The summed E-state index contributed by atoms with van der Waals surface area (Å²) in [4.78, 5) is 0. The van der Waals surface area contributed by atoms with Gasteiger partial charge >= 0.3 is 0 Å². The second-order valence-corrected chi connectivity index (χ2v) is 3.58. The van der Waals surface area contributed by atoms with Gasteiger partial charge in [-0.3, -0.25) is 0 Å². The summed E-state index contributed by atoms with van der Waals surface area (Å²) in [5.41, 5.74) is 0. The zero-order valence-electron chi connectivity index (χ0n) is 6.56. The van der Waals surface area contributed by atoms with Crippen LogP contribution in [0.2, 0.25) is 0 Å². The highest BCUT2D eigenvalue weighted by Gasteiger charge is 2.29. The van der Waals surface area contributed by atoms with Crippen molar-refractivity contribution in [1.82, 2.24) is 10.6 Å². The van der Waals surface area contributed by atoms with Crippen molar-refractivity contribution in [1.29, 1.82) is 0 Å². The monoisotopic (exact) mass is 140 g/mol. The average Bonchev–Trinajstić information content (AvgIpc) is 2.27. The van der Waals surface area contributed by atoms with Gasteiger partial charge in [-0.1, -0.05) is 0 Å². The lowest BCUT2D eigenvalue weighted by atomic mass is 10.1. The van der Waals surface area contributed by atoms with Crippen LogP contribution in [0.4, 0.5) is 0 Å². The maximum Gasteiger partial charge on any atom is 0.0221 e. The molecule has 3 atom stereocenters. The Kier molecular flexibility index (Phi) is 1.66. The maximum atomic E-state index is 3.64. The third kappa shape index (κ3) is 1.06. The van der Waals surface area contributed by atoms with Crippen LogP contribution in [0.3, 0.4) is 0 Å². The van der Waals surface area contributed by atoms with Crippen molar-refractivity contribution >= 4 is 0 Å². The fourth-order valence-corrected chi connectivity index (χ4v) is 2.10. The van der Waals surface area contributed by atoms with Crippen LogP contribution in [-0.4, -0.2) is 24.7 Å². The minimum atomic E-state index is 0.687. The minimum Gasteiger partial charge on any atom is -0.313 e. The maximum absolute atomic E-state index is 3.64. The van der Waals surface area contributed by atoms with Crippen LogP contribution < -0.4 is 10.6 Å². The Bertz CT molecular complexity index is 124. The number of hydrogen-bond acceptors (Lipinski definition) is 2. The first-order valence-corrected chi connectivity index (χ1v) is 4.36. The van der Waals surface area contributed by atoms with Crippen LogP contribution in [0.25, 0.3) is 0 Å². The van der Waals surface area contributed by atoms with Crippen LogP contribution in [0.5, 0.6) is 0 Å². The Morgan fingerprint density at radius 1 is 1.20 bits per heavy atom. The highest BCUT2D eigenvalue weighted by Crippen LogP contribution is 2.19. The standard InChI is InChI=1S/C8H16N2/c1-6-8-3-2-7(10-8)4-5-9-6/h6-10H,2-5H2,1H3. The van der Waals surface area contributed by atoms with Gasteiger partial charge < -0.3 is 10.6 Å². The molecule has 0 aromatic carbocycles. The first-order valence-electron chi connectivity index (χ1n) is 4.36. The summed E-state index contributed by atoms with van der Waals surface area (Å²) < 4.78 is 0. The van der Waals surface area contributed by atoms with Crippen LogP contribution >= 0.6 is 0 Å². The molecule has 2 nitrogen and oxygen atoms in total. The molecular formula is C8H16N2. The number of nitrogens with one attached hydrogen (secondary N) is 2. The summed E-state index contributed by atoms with van der Waals surface area (Å²) in [6.07, 6.45) is 4.09. The second-order valence-electron chi connectivity index (χ2n) is 3.58. The van der Waals surface area contributed by atoms with E-state index < -0.39 is 0 Å². The van der Waals surface area contributed by atoms with E-state index in [-0.39, 0.29) is 0 Å². The summed E-state index contributed by atoms with van der Waals surface area (Å²) in [5, 5.41) is 7.15. The van der Waals surface area contributed by atoms with E-state index in [2.05, 4.69) is 17.6 Å². The van der Waals surface area contributed by atoms with Gasteiger partial charge in [-0.25, -0.2) is 0 Å². The molecule has 2 aliphatic rings. The molecule has 2 rings (SSSR count). The molecule has 0 saturated carbocycles. The van der Waals surface area contributed by atoms with Crippen LogP contribution in [-0.2, 0) is 0 Å². The smallest absolute Gasteiger partial charge is 0.0221 e. The molecule has 10 heavy (non-hydrogen) atoms. The molecule has 0 aliphatic carbocycles. The van der Waals surface area contributed by atoms with Gasteiger partial charge in [-0.05, 0) is 32.7 Å². The summed E-state index contributed by atoms with van der Waals surface area (Å²) in [7, 11) is 0. The summed E-state index contributed by atoms with van der Waals surface area (Å²) in [6.45, 7) is 3.49. The zero-order valence-corrected chi connectivity index (χ0v) is 6.56. The highest BCUT2D eigenvalue weighted by atomic mass is 15.1. The Morgan fingerprint density at radius 2 is 2.10 bits per heavy atom. The van der Waals surface area contributed by atoms with Crippen molar-refractivity contribution in [2.24, 2.45) is 0 Å². The van der Waals surface area contributed by atoms with E-state index in [1.165, 1.54) is 25.8 Å². The predicted molar refractivity (Wildman–Crippen MR) is 42.0 cm³/mol. The van der Waals surface area contributed by atoms with E-state index >= 15 is 0 Å². The topological polar surface area (TPSA) is 24.1 Å². The van der Waals surface area contributed by atoms with E-state index in [1.807, 2.05) is 0 Å². The van der Waals surface area contributed by atoms with Gasteiger partial charge in [-0.2, -0.15) is 0 Å². The lowest BCUT2D eigenvalue weighted by Crippen LogP contribution is -2.40. The molecule has 0 spiro atoms. The van der Waals surface area contributed by atoms with E-state index in [1.54, 1.807) is 0 Å². The van der Waals surface area contributed by atoms with E-state index in [9.17, 15) is 0 Å². The third-order valence-electron chi connectivity index (χ3n) is 2.84. The Hall–Kier alpha value is -0.0800. The molecule has 3 unspecified atom stereocenters. The number of fused-ring (bicyclic) bond motifs is 2. The SMILES string of the molecule is CC1NCCC2CCC1N2. The Balaban J connectivity index is 2.03. The molecule has 2 saturated heterocycles. The van der Waals surface area contributed by atoms with E-state index in [0.717, 1.165) is 12.1 Å². The molecule has 2 aliphatic heterocycles. The van der Waals surface area contributed by atoms with Crippen molar-refractivity contribution in [2.75, 3.05) is 6.54 Å². The van der Waals surface area contributed by atoms with Gasteiger partial charge in [0.2, 0.25) is 0 Å². The molecule has 2 bridgehead atoms. The summed E-state index contributed by atoms with van der Waals surface area (Å²) in [6, 6.07) is 2.27. The van der Waals surface area contributed by atoms with Crippen LogP contribution in [0.15, 0.2) is 0 Å². The molecule has 2 fully saturated rings. The summed E-state index contributed by atoms with van der Waals surface area (Å²) in [5.74, 6) is 0. The molecule has 0 amide bonds. The second kappa shape index (κ2) is 2.51. The van der Waals surface area contributed by atoms with Crippen LogP contribution in [0, 0.1) is 0 Å². The van der Waals surface area contributed by atoms with E-state index in [4.69, 9.17) is 0 Å². The summed E-state index contributed by atoms with van der Waals surface area (Å²) >= 11 is 0. The lowest BCUT2D eigenvalue weighted by molar-refractivity contribution is 0.450. The fourth-order valence-electron chi connectivity index (χ4n) is 2.10. The molecule has 0 radical (unpaired) electrons. The first kappa shape index (κ1) is 6.62.